The smallest absolute Gasteiger partial charge is 0.204 e. The number of rotatable bonds is 1. The first kappa shape index (κ1) is 14.7. The first-order valence-electron chi connectivity index (χ1n) is 5.45. The largest absolute Gasteiger partial charge is 0.250 e. The zero-order valence-corrected chi connectivity index (χ0v) is 13.5. The highest BCUT2D eigenvalue weighted by Crippen LogP contribution is 2.41. The molecule has 18 heavy (non-hydrogen) atoms. The Morgan fingerprint density at radius 2 is 1.28 bits per heavy atom. The van der Waals surface area contributed by atoms with Crippen LogP contribution in [0.4, 0.5) is 13.2 Å². The van der Waals surface area contributed by atoms with Gasteiger partial charge in [-0.15, -0.1) is 22.2 Å². The highest BCUT2D eigenvalue weighted by atomic mass is 35.7. The summed E-state index contributed by atoms with van der Waals surface area (Å²) in [6, 6.07) is 4.42. The summed E-state index contributed by atoms with van der Waals surface area (Å²) < 4.78 is 39.4. The van der Waals surface area contributed by atoms with Crippen molar-refractivity contribution in [3.63, 3.8) is 0 Å². The van der Waals surface area contributed by atoms with Gasteiger partial charge >= 0.3 is 0 Å². The lowest BCUT2D eigenvalue weighted by atomic mass is 10.3. The second-order valence-corrected chi connectivity index (χ2v) is 17.9. The molecule has 1 aliphatic rings. The molecular weight excluding hydrogens is 340 g/mol. The Bertz CT molecular complexity index is 448. The first-order valence-corrected chi connectivity index (χ1v) is 13.3. The fourth-order valence-electron chi connectivity index (χ4n) is 2.11. The molecular formula is C10H10Cl3F3Si2. The Kier molecular flexibility index (Phi) is 4.10. The molecule has 0 aromatic heterocycles. The Morgan fingerprint density at radius 3 is 1.72 bits per heavy atom. The maximum Gasteiger partial charge on any atom is 0.250 e. The van der Waals surface area contributed by atoms with E-state index in [9.17, 15) is 13.2 Å². The van der Waals surface area contributed by atoms with Crippen molar-refractivity contribution in [1.29, 1.82) is 0 Å². The van der Waals surface area contributed by atoms with E-state index >= 15 is 0 Å². The van der Waals surface area contributed by atoms with Crippen molar-refractivity contribution in [1.82, 2.24) is 0 Å². The Hall–Kier alpha value is 0.314. The molecule has 0 aliphatic carbocycles. The molecule has 0 radical (unpaired) electrons. The second-order valence-electron chi connectivity index (χ2n) is 4.58. The maximum absolute atomic E-state index is 13.2. The van der Waals surface area contributed by atoms with E-state index in [0.29, 0.717) is 29.4 Å². The molecule has 2 rings (SSSR count). The van der Waals surface area contributed by atoms with E-state index in [1.165, 1.54) is 0 Å². The average molecular weight is 350 g/mol. The van der Waals surface area contributed by atoms with Crippen molar-refractivity contribution >= 4 is 52.5 Å². The van der Waals surface area contributed by atoms with Crippen LogP contribution in [0, 0.1) is 17.5 Å². The minimum Gasteiger partial charge on any atom is -0.204 e. The van der Waals surface area contributed by atoms with Crippen LogP contribution in [0.5, 0.6) is 0 Å². The zero-order valence-electron chi connectivity index (χ0n) is 9.25. The van der Waals surface area contributed by atoms with E-state index in [0.717, 1.165) is 12.1 Å². The summed E-state index contributed by atoms with van der Waals surface area (Å²) in [4.78, 5) is 0. The van der Waals surface area contributed by atoms with E-state index in [4.69, 9.17) is 33.2 Å². The lowest BCUT2D eigenvalue weighted by Gasteiger charge is -2.34. The predicted octanol–water partition coefficient (Wildman–Crippen LogP) is 4.43. The lowest BCUT2D eigenvalue weighted by Crippen LogP contribution is -2.48. The standard InChI is InChI=1S/C10H10Cl3F3Si2/c11-17(1-3-18(12,13)4-2-17)7-5-8(14)10(16)9(15)6-7/h5-6H,1-4H2. The molecule has 0 nitrogen and oxygen atoms in total. The number of hydrogen-bond acceptors (Lipinski definition) is 0. The van der Waals surface area contributed by atoms with Crippen LogP contribution in [0.1, 0.15) is 0 Å². The summed E-state index contributed by atoms with van der Waals surface area (Å²) in [6.07, 6.45) is 0. The van der Waals surface area contributed by atoms with Crippen LogP contribution in [0.2, 0.25) is 24.2 Å². The Morgan fingerprint density at radius 1 is 0.833 bits per heavy atom. The predicted molar refractivity (Wildman–Crippen MR) is 74.2 cm³/mol. The minimum atomic E-state index is -2.50. The van der Waals surface area contributed by atoms with Crippen molar-refractivity contribution in [2.45, 2.75) is 24.2 Å². The van der Waals surface area contributed by atoms with E-state index in [-0.39, 0.29) is 0 Å². The molecule has 1 aliphatic heterocycles. The summed E-state index contributed by atoms with van der Waals surface area (Å²) in [5.41, 5.74) is 0. The third-order valence-electron chi connectivity index (χ3n) is 3.28. The van der Waals surface area contributed by atoms with Gasteiger partial charge in [0.25, 0.3) is 6.69 Å². The molecule has 0 amide bonds. The van der Waals surface area contributed by atoms with Gasteiger partial charge in [-0.25, -0.2) is 13.2 Å². The van der Waals surface area contributed by atoms with Gasteiger partial charge in [-0.2, -0.15) is 11.1 Å². The highest BCUT2D eigenvalue weighted by molar-refractivity contribution is 7.47. The highest BCUT2D eigenvalue weighted by Gasteiger charge is 2.45. The van der Waals surface area contributed by atoms with Gasteiger partial charge in [0.1, 0.15) is 0 Å². The number of hydrogen-bond donors (Lipinski definition) is 0. The molecule has 1 heterocycles. The Balaban J connectivity index is 2.32. The van der Waals surface area contributed by atoms with Crippen LogP contribution in [0.25, 0.3) is 0 Å². The van der Waals surface area contributed by atoms with Crippen LogP contribution < -0.4 is 5.19 Å². The van der Waals surface area contributed by atoms with Gasteiger partial charge in [-0.1, -0.05) is 0 Å². The second kappa shape index (κ2) is 5.01. The maximum atomic E-state index is 13.2. The van der Waals surface area contributed by atoms with Crippen LogP contribution in [-0.2, 0) is 0 Å². The zero-order chi connectivity index (χ0) is 13.6. The van der Waals surface area contributed by atoms with Crippen molar-refractivity contribution in [3.8, 4) is 0 Å². The monoisotopic (exact) mass is 348 g/mol. The molecule has 1 fully saturated rings. The molecule has 0 N–H and O–H groups in total. The first-order chi connectivity index (χ1) is 8.23. The summed E-state index contributed by atoms with van der Waals surface area (Å²) in [5.74, 6) is -3.84. The number of halogens is 6. The van der Waals surface area contributed by atoms with E-state index in [1.807, 2.05) is 0 Å². The van der Waals surface area contributed by atoms with Gasteiger partial charge in [-0.3, -0.25) is 0 Å². The SMILES string of the molecule is Fc1cc([Si]2(Cl)CC[Si](Cl)(Cl)CC2)cc(F)c1F. The average Bonchev–Trinajstić information content (AvgIpc) is 2.30. The molecule has 0 atom stereocenters. The Labute approximate surface area is 119 Å². The number of benzene rings is 1. The third kappa shape index (κ3) is 2.90. The molecule has 1 aromatic carbocycles. The van der Waals surface area contributed by atoms with Gasteiger partial charge in [0.15, 0.2) is 24.8 Å². The van der Waals surface area contributed by atoms with Crippen LogP contribution in [0.3, 0.4) is 0 Å². The van der Waals surface area contributed by atoms with Crippen LogP contribution in [-0.4, -0.2) is 14.1 Å². The molecule has 0 unspecified atom stereocenters. The molecule has 1 saturated heterocycles. The van der Waals surface area contributed by atoms with Gasteiger partial charge in [0, 0.05) is 0 Å². The van der Waals surface area contributed by atoms with Crippen molar-refractivity contribution in [2.75, 3.05) is 0 Å². The molecule has 0 bridgehead atoms. The summed E-state index contributed by atoms with van der Waals surface area (Å²) in [7, 11) is -2.50. The van der Waals surface area contributed by atoms with Gasteiger partial charge in [0.05, 0.1) is 0 Å². The molecule has 8 heteroatoms. The van der Waals surface area contributed by atoms with Crippen molar-refractivity contribution in [3.05, 3.63) is 29.6 Å². The van der Waals surface area contributed by atoms with E-state index < -0.39 is 31.5 Å². The minimum absolute atomic E-state index is 0.387. The molecule has 1 aromatic rings. The van der Waals surface area contributed by atoms with Gasteiger partial charge in [0.2, 0.25) is 0 Å². The van der Waals surface area contributed by atoms with Crippen LogP contribution in [0.15, 0.2) is 12.1 Å². The quantitative estimate of drug-likeness (QED) is 0.400. The topological polar surface area (TPSA) is 0 Å². The molecule has 0 spiro atoms. The lowest BCUT2D eigenvalue weighted by molar-refractivity contribution is 0.448. The van der Waals surface area contributed by atoms with E-state index in [2.05, 4.69) is 0 Å². The molecule has 100 valence electrons. The van der Waals surface area contributed by atoms with Crippen molar-refractivity contribution in [2.24, 2.45) is 0 Å². The summed E-state index contributed by atoms with van der Waals surface area (Å²) in [5, 5.41) is 0.387. The van der Waals surface area contributed by atoms with Gasteiger partial charge in [-0.05, 0) is 41.5 Å². The normalized spacial score (nSPS) is 21.9. The van der Waals surface area contributed by atoms with Gasteiger partial charge < -0.3 is 0 Å². The fraction of sp³-hybridized carbons (Fsp3) is 0.400. The third-order valence-corrected chi connectivity index (χ3v) is 13.7. The van der Waals surface area contributed by atoms with E-state index in [1.54, 1.807) is 0 Å². The van der Waals surface area contributed by atoms with Crippen LogP contribution >= 0.6 is 33.2 Å². The fourth-order valence-corrected chi connectivity index (χ4v) is 15.5. The summed E-state index contributed by atoms with van der Waals surface area (Å²) >= 11 is 18.8. The van der Waals surface area contributed by atoms with Crippen molar-refractivity contribution < 1.29 is 13.2 Å². The molecule has 0 saturated carbocycles. The summed E-state index contributed by atoms with van der Waals surface area (Å²) in [6.45, 7) is -2.22.